The minimum Gasteiger partial charge on any atom is -0.459 e. The van der Waals surface area contributed by atoms with E-state index in [2.05, 4.69) is 12.1 Å². The third-order valence-electron chi connectivity index (χ3n) is 3.53. The van der Waals surface area contributed by atoms with Crippen LogP contribution in [0.3, 0.4) is 0 Å². The lowest BCUT2D eigenvalue weighted by Crippen LogP contribution is -2.15. The first-order valence-electron chi connectivity index (χ1n) is 7.17. The SMILES string of the molecule is N[C@H](CC1=COC(Cc2ccccc2)O1)c1ccccc1. The van der Waals surface area contributed by atoms with Gasteiger partial charge in [0.2, 0.25) is 6.29 Å². The lowest BCUT2D eigenvalue weighted by Gasteiger charge is -2.14. The van der Waals surface area contributed by atoms with Crippen molar-refractivity contribution in [2.75, 3.05) is 0 Å². The van der Waals surface area contributed by atoms with Gasteiger partial charge in [-0.3, -0.25) is 0 Å². The van der Waals surface area contributed by atoms with Crippen molar-refractivity contribution >= 4 is 0 Å². The van der Waals surface area contributed by atoms with Gasteiger partial charge in [-0.05, 0) is 11.1 Å². The van der Waals surface area contributed by atoms with Crippen molar-refractivity contribution < 1.29 is 9.47 Å². The molecule has 0 radical (unpaired) electrons. The number of benzene rings is 2. The Balaban J connectivity index is 1.53. The molecule has 2 aromatic rings. The van der Waals surface area contributed by atoms with E-state index in [-0.39, 0.29) is 12.3 Å². The summed E-state index contributed by atoms with van der Waals surface area (Å²) >= 11 is 0. The summed E-state index contributed by atoms with van der Waals surface area (Å²) in [5, 5.41) is 0. The maximum Gasteiger partial charge on any atom is 0.244 e. The van der Waals surface area contributed by atoms with Crippen molar-refractivity contribution in [2.24, 2.45) is 5.73 Å². The van der Waals surface area contributed by atoms with Gasteiger partial charge in [0.1, 0.15) is 12.0 Å². The quantitative estimate of drug-likeness (QED) is 0.911. The molecular formula is C18H19NO2. The number of nitrogens with two attached hydrogens (primary N) is 1. The van der Waals surface area contributed by atoms with Gasteiger partial charge in [-0.2, -0.15) is 0 Å². The molecule has 0 aromatic heterocycles. The van der Waals surface area contributed by atoms with Crippen molar-refractivity contribution in [3.8, 4) is 0 Å². The molecule has 0 saturated carbocycles. The number of ether oxygens (including phenoxy) is 2. The molecule has 3 heteroatoms. The maximum atomic E-state index is 6.20. The summed E-state index contributed by atoms with van der Waals surface area (Å²) in [4.78, 5) is 0. The highest BCUT2D eigenvalue weighted by atomic mass is 16.7. The van der Waals surface area contributed by atoms with Crippen LogP contribution in [0.5, 0.6) is 0 Å². The molecule has 1 aliphatic rings. The maximum absolute atomic E-state index is 6.20. The summed E-state index contributed by atoms with van der Waals surface area (Å²) in [6.45, 7) is 0. The van der Waals surface area contributed by atoms with E-state index in [9.17, 15) is 0 Å². The summed E-state index contributed by atoms with van der Waals surface area (Å²) < 4.78 is 11.4. The first-order chi connectivity index (χ1) is 10.3. The van der Waals surface area contributed by atoms with Crippen LogP contribution in [0.15, 0.2) is 72.7 Å². The van der Waals surface area contributed by atoms with Gasteiger partial charge < -0.3 is 15.2 Å². The molecule has 2 atom stereocenters. The molecule has 0 fully saturated rings. The van der Waals surface area contributed by atoms with Gasteiger partial charge in [0.05, 0.1) is 0 Å². The van der Waals surface area contributed by atoms with Crippen molar-refractivity contribution in [3.63, 3.8) is 0 Å². The molecule has 1 heterocycles. The molecular weight excluding hydrogens is 262 g/mol. The molecule has 108 valence electrons. The molecule has 2 N–H and O–H groups in total. The van der Waals surface area contributed by atoms with Crippen LogP contribution in [0.25, 0.3) is 0 Å². The van der Waals surface area contributed by atoms with Crippen LogP contribution in [-0.4, -0.2) is 6.29 Å². The van der Waals surface area contributed by atoms with Crippen LogP contribution in [0.2, 0.25) is 0 Å². The van der Waals surface area contributed by atoms with E-state index < -0.39 is 0 Å². The van der Waals surface area contributed by atoms with E-state index in [1.807, 2.05) is 48.5 Å². The lowest BCUT2D eigenvalue weighted by atomic mass is 10.0. The molecule has 1 unspecified atom stereocenters. The smallest absolute Gasteiger partial charge is 0.244 e. The van der Waals surface area contributed by atoms with E-state index in [0.29, 0.717) is 6.42 Å². The van der Waals surface area contributed by atoms with Gasteiger partial charge in [-0.15, -0.1) is 0 Å². The molecule has 0 bridgehead atoms. The lowest BCUT2D eigenvalue weighted by molar-refractivity contribution is -0.0320. The largest absolute Gasteiger partial charge is 0.459 e. The van der Waals surface area contributed by atoms with Crippen LogP contribution >= 0.6 is 0 Å². The highest BCUT2D eigenvalue weighted by molar-refractivity contribution is 5.20. The zero-order chi connectivity index (χ0) is 14.5. The van der Waals surface area contributed by atoms with Crippen LogP contribution < -0.4 is 5.73 Å². The molecule has 21 heavy (non-hydrogen) atoms. The summed E-state index contributed by atoms with van der Waals surface area (Å²) in [7, 11) is 0. The second-order valence-corrected chi connectivity index (χ2v) is 5.18. The van der Waals surface area contributed by atoms with Gasteiger partial charge in [0.25, 0.3) is 0 Å². The Morgan fingerprint density at radius 1 is 0.952 bits per heavy atom. The van der Waals surface area contributed by atoms with Gasteiger partial charge >= 0.3 is 0 Å². The number of hydrogen-bond donors (Lipinski definition) is 1. The second-order valence-electron chi connectivity index (χ2n) is 5.18. The Hall–Kier alpha value is -2.26. The standard InChI is InChI=1S/C18H19NO2/c19-17(15-9-5-2-6-10-15)12-16-13-20-18(21-16)11-14-7-3-1-4-8-14/h1-10,13,17-18H,11-12,19H2/t17-,18?/m1/s1. The van der Waals surface area contributed by atoms with Crippen molar-refractivity contribution in [1.29, 1.82) is 0 Å². The second kappa shape index (κ2) is 6.46. The molecule has 2 aromatic carbocycles. The fraction of sp³-hybridized carbons (Fsp3) is 0.222. The average Bonchev–Trinajstić information content (AvgIpc) is 2.96. The zero-order valence-corrected chi connectivity index (χ0v) is 11.8. The van der Waals surface area contributed by atoms with Gasteiger partial charge in [-0.25, -0.2) is 0 Å². The van der Waals surface area contributed by atoms with Crippen LogP contribution in [0, 0.1) is 0 Å². The van der Waals surface area contributed by atoms with E-state index >= 15 is 0 Å². The Bertz CT molecular complexity index is 595. The van der Waals surface area contributed by atoms with Gasteiger partial charge in [-0.1, -0.05) is 60.7 Å². The molecule has 1 aliphatic heterocycles. The molecule has 0 saturated heterocycles. The average molecular weight is 281 g/mol. The molecule has 0 amide bonds. The van der Waals surface area contributed by atoms with Crippen LogP contribution in [-0.2, 0) is 15.9 Å². The normalized spacial score (nSPS) is 18.5. The Morgan fingerprint density at radius 2 is 1.62 bits per heavy atom. The van der Waals surface area contributed by atoms with Crippen molar-refractivity contribution in [2.45, 2.75) is 25.2 Å². The third kappa shape index (κ3) is 3.64. The summed E-state index contributed by atoms with van der Waals surface area (Å²) in [5.74, 6) is 0.812. The highest BCUT2D eigenvalue weighted by Crippen LogP contribution is 2.25. The van der Waals surface area contributed by atoms with E-state index in [1.54, 1.807) is 6.26 Å². The fourth-order valence-electron chi connectivity index (χ4n) is 2.40. The van der Waals surface area contributed by atoms with E-state index in [0.717, 1.165) is 17.7 Å². The molecule has 0 spiro atoms. The zero-order valence-electron chi connectivity index (χ0n) is 11.8. The highest BCUT2D eigenvalue weighted by Gasteiger charge is 2.21. The van der Waals surface area contributed by atoms with Crippen LogP contribution in [0.1, 0.15) is 23.6 Å². The van der Waals surface area contributed by atoms with Gasteiger partial charge in [0, 0.05) is 18.9 Å². The number of rotatable bonds is 5. The van der Waals surface area contributed by atoms with E-state index in [4.69, 9.17) is 15.2 Å². The van der Waals surface area contributed by atoms with Crippen molar-refractivity contribution in [1.82, 2.24) is 0 Å². The molecule has 3 nitrogen and oxygen atoms in total. The number of hydrogen-bond acceptors (Lipinski definition) is 3. The van der Waals surface area contributed by atoms with Crippen molar-refractivity contribution in [3.05, 3.63) is 83.8 Å². The first-order valence-corrected chi connectivity index (χ1v) is 7.17. The molecule has 3 rings (SSSR count). The van der Waals surface area contributed by atoms with Gasteiger partial charge in [0.15, 0.2) is 0 Å². The Labute approximate surface area is 125 Å². The summed E-state index contributed by atoms with van der Waals surface area (Å²) in [5.41, 5.74) is 8.50. The molecule has 0 aliphatic carbocycles. The topological polar surface area (TPSA) is 44.5 Å². The summed E-state index contributed by atoms with van der Waals surface area (Å²) in [6.07, 6.45) is 2.83. The minimum atomic E-state index is -0.245. The predicted octanol–water partition coefficient (Wildman–Crippen LogP) is 3.53. The summed E-state index contributed by atoms with van der Waals surface area (Å²) in [6, 6.07) is 20.1. The predicted molar refractivity (Wildman–Crippen MR) is 82.2 cm³/mol. The Kier molecular flexibility index (Phi) is 4.22. The minimum absolute atomic E-state index is 0.0727. The third-order valence-corrected chi connectivity index (χ3v) is 3.53. The Morgan fingerprint density at radius 3 is 2.33 bits per heavy atom. The first kappa shape index (κ1) is 13.7. The fourth-order valence-corrected chi connectivity index (χ4v) is 2.40. The van der Waals surface area contributed by atoms with E-state index in [1.165, 1.54) is 5.56 Å². The monoisotopic (exact) mass is 281 g/mol. The van der Waals surface area contributed by atoms with Crippen LogP contribution in [0.4, 0.5) is 0 Å².